The molecule has 0 atom stereocenters. The average molecular weight is 282 g/mol. The van der Waals surface area contributed by atoms with Gasteiger partial charge in [-0.3, -0.25) is 0 Å². The lowest BCUT2D eigenvalue weighted by molar-refractivity contribution is 0.494. The standard InChI is InChI=1S/C8H12FIN2/c1-8(2,3)6-5(10)7(9)12(4)11-6/h1-4H3. The second-order valence-corrected chi connectivity index (χ2v) is 4.91. The van der Waals surface area contributed by atoms with Gasteiger partial charge in [0.15, 0.2) is 0 Å². The van der Waals surface area contributed by atoms with E-state index in [1.807, 2.05) is 43.4 Å². The highest BCUT2D eigenvalue weighted by molar-refractivity contribution is 14.1. The van der Waals surface area contributed by atoms with Crippen LogP contribution in [-0.2, 0) is 12.5 Å². The monoisotopic (exact) mass is 282 g/mol. The summed E-state index contributed by atoms with van der Waals surface area (Å²) in [6.07, 6.45) is 0. The van der Waals surface area contributed by atoms with Crippen LogP contribution in [-0.4, -0.2) is 9.78 Å². The van der Waals surface area contributed by atoms with Crippen molar-refractivity contribution >= 4 is 22.6 Å². The van der Waals surface area contributed by atoms with Crippen LogP contribution >= 0.6 is 22.6 Å². The van der Waals surface area contributed by atoms with E-state index in [0.717, 1.165) is 5.69 Å². The number of hydrogen-bond donors (Lipinski definition) is 0. The van der Waals surface area contributed by atoms with Crippen LogP contribution in [0.2, 0.25) is 0 Å². The molecule has 0 saturated carbocycles. The summed E-state index contributed by atoms with van der Waals surface area (Å²) in [6.45, 7) is 6.07. The second-order valence-electron chi connectivity index (χ2n) is 3.83. The van der Waals surface area contributed by atoms with Crippen LogP contribution < -0.4 is 0 Å². The number of halogens is 2. The van der Waals surface area contributed by atoms with E-state index in [0.29, 0.717) is 3.57 Å². The lowest BCUT2D eigenvalue weighted by Gasteiger charge is -2.14. The number of rotatable bonds is 0. The molecule has 0 bridgehead atoms. The summed E-state index contributed by atoms with van der Waals surface area (Å²) in [6, 6.07) is 0. The Labute approximate surface area is 85.3 Å². The van der Waals surface area contributed by atoms with Gasteiger partial charge >= 0.3 is 0 Å². The minimum atomic E-state index is -0.250. The maximum absolute atomic E-state index is 13.2. The van der Waals surface area contributed by atoms with Gasteiger partial charge in [-0.2, -0.15) is 9.49 Å². The van der Waals surface area contributed by atoms with E-state index in [1.54, 1.807) is 7.05 Å². The molecule has 0 N–H and O–H groups in total. The molecule has 0 saturated heterocycles. The van der Waals surface area contributed by atoms with Crippen molar-refractivity contribution in [3.8, 4) is 0 Å². The molecule has 1 heterocycles. The lowest BCUT2D eigenvalue weighted by Crippen LogP contribution is -2.13. The molecule has 68 valence electrons. The molecule has 0 fully saturated rings. The van der Waals surface area contributed by atoms with Gasteiger partial charge in [0.25, 0.3) is 0 Å². The fourth-order valence-electron chi connectivity index (χ4n) is 0.957. The fraction of sp³-hybridized carbons (Fsp3) is 0.625. The number of hydrogen-bond acceptors (Lipinski definition) is 1. The summed E-state index contributed by atoms with van der Waals surface area (Å²) in [5, 5.41) is 4.12. The van der Waals surface area contributed by atoms with Gasteiger partial charge in [-0.15, -0.1) is 0 Å². The first-order valence-corrected chi connectivity index (χ1v) is 4.80. The van der Waals surface area contributed by atoms with Crippen molar-refractivity contribution < 1.29 is 4.39 Å². The van der Waals surface area contributed by atoms with Gasteiger partial charge in [0.1, 0.15) is 0 Å². The Hall–Kier alpha value is -0.130. The Balaban J connectivity index is 3.28. The predicted molar refractivity (Wildman–Crippen MR) is 54.6 cm³/mol. The Kier molecular flexibility index (Phi) is 2.47. The van der Waals surface area contributed by atoms with Crippen LogP contribution in [0.1, 0.15) is 26.5 Å². The molecule has 4 heteroatoms. The molecular formula is C8H12FIN2. The zero-order chi connectivity index (χ0) is 9.52. The van der Waals surface area contributed by atoms with Crippen molar-refractivity contribution in [2.75, 3.05) is 0 Å². The van der Waals surface area contributed by atoms with Gasteiger partial charge in [-0.25, -0.2) is 4.68 Å². The fourth-order valence-corrected chi connectivity index (χ4v) is 2.22. The molecule has 2 nitrogen and oxygen atoms in total. The molecule has 0 unspecified atom stereocenters. The molecule has 1 aromatic rings. The van der Waals surface area contributed by atoms with E-state index in [1.165, 1.54) is 4.68 Å². The Bertz CT molecular complexity index is 299. The van der Waals surface area contributed by atoms with E-state index in [4.69, 9.17) is 0 Å². The van der Waals surface area contributed by atoms with Gasteiger partial charge in [0.2, 0.25) is 5.95 Å². The van der Waals surface area contributed by atoms with Crippen LogP contribution in [0.15, 0.2) is 0 Å². The third-order valence-corrected chi connectivity index (χ3v) is 2.59. The normalized spacial score (nSPS) is 12.2. The molecule has 12 heavy (non-hydrogen) atoms. The third kappa shape index (κ3) is 1.62. The van der Waals surface area contributed by atoms with Gasteiger partial charge in [0.05, 0.1) is 9.26 Å². The van der Waals surface area contributed by atoms with Gasteiger partial charge in [-0.05, 0) is 22.6 Å². The SMILES string of the molecule is Cn1nc(C(C)(C)C)c(I)c1F. The Morgan fingerprint density at radius 2 is 1.92 bits per heavy atom. The molecule has 0 radical (unpaired) electrons. The number of aryl methyl sites for hydroxylation is 1. The molecule has 0 aliphatic rings. The highest BCUT2D eigenvalue weighted by atomic mass is 127. The summed E-state index contributed by atoms with van der Waals surface area (Å²) in [4.78, 5) is 0. The highest BCUT2D eigenvalue weighted by Gasteiger charge is 2.24. The van der Waals surface area contributed by atoms with E-state index >= 15 is 0 Å². The molecule has 0 spiro atoms. The van der Waals surface area contributed by atoms with Crippen LogP contribution in [0.25, 0.3) is 0 Å². The number of aromatic nitrogens is 2. The highest BCUT2D eigenvalue weighted by Crippen LogP contribution is 2.26. The second kappa shape index (κ2) is 2.97. The minimum Gasteiger partial charge on any atom is -0.242 e. The average Bonchev–Trinajstić information content (AvgIpc) is 2.15. The minimum absolute atomic E-state index is 0.0847. The van der Waals surface area contributed by atoms with Crippen LogP contribution in [0.3, 0.4) is 0 Å². The Morgan fingerprint density at radius 3 is 2.08 bits per heavy atom. The maximum atomic E-state index is 13.2. The van der Waals surface area contributed by atoms with Crippen LogP contribution in [0, 0.1) is 9.52 Å². The van der Waals surface area contributed by atoms with Crippen molar-refractivity contribution in [1.29, 1.82) is 0 Å². The molecule has 1 aromatic heterocycles. The zero-order valence-electron chi connectivity index (χ0n) is 7.65. The summed E-state index contributed by atoms with van der Waals surface area (Å²) >= 11 is 1.99. The first-order valence-electron chi connectivity index (χ1n) is 3.72. The smallest absolute Gasteiger partial charge is 0.224 e. The molecule has 0 aliphatic carbocycles. The molecule has 0 aromatic carbocycles. The predicted octanol–water partition coefficient (Wildman–Crippen LogP) is 2.46. The zero-order valence-corrected chi connectivity index (χ0v) is 9.81. The van der Waals surface area contributed by atoms with Gasteiger partial charge < -0.3 is 0 Å². The first kappa shape index (κ1) is 9.95. The number of nitrogens with zero attached hydrogens (tertiary/aromatic N) is 2. The van der Waals surface area contributed by atoms with E-state index in [2.05, 4.69) is 5.10 Å². The summed E-state index contributed by atoms with van der Waals surface area (Å²) in [5.41, 5.74) is 0.738. The van der Waals surface area contributed by atoms with E-state index in [9.17, 15) is 4.39 Å². The molecular weight excluding hydrogens is 270 g/mol. The molecule has 0 aliphatic heterocycles. The molecule has 0 amide bonds. The first-order chi connectivity index (χ1) is 5.34. The van der Waals surface area contributed by atoms with Crippen molar-refractivity contribution in [2.45, 2.75) is 26.2 Å². The van der Waals surface area contributed by atoms with E-state index in [-0.39, 0.29) is 11.4 Å². The summed E-state index contributed by atoms with van der Waals surface area (Å²) in [5.74, 6) is -0.250. The van der Waals surface area contributed by atoms with Crippen molar-refractivity contribution in [1.82, 2.24) is 9.78 Å². The molecule has 1 rings (SSSR count). The summed E-state index contributed by atoms with van der Waals surface area (Å²) < 4.78 is 15.1. The Morgan fingerprint density at radius 1 is 1.42 bits per heavy atom. The van der Waals surface area contributed by atoms with Crippen LogP contribution in [0.4, 0.5) is 4.39 Å². The maximum Gasteiger partial charge on any atom is 0.224 e. The topological polar surface area (TPSA) is 17.8 Å². The van der Waals surface area contributed by atoms with Crippen molar-refractivity contribution in [2.24, 2.45) is 7.05 Å². The third-order valence-electron chi connectivity index (χ3n) is 1.63. The van der Waals surface area contributed by atoms with E-state index < -0.39 is 0 Å². The van der Waals surface area contributed by atoms with Gasteiger partial charge in [0, 0.05) is 12.5 Å². The largest absolute Gasteiger partial charge is 0.242 e. The lowest BCUT2D eigenvalue weighted by atomic mass is 9.93. The van der Waals surface area contributed by atoms with Crippen molar-refractivity contribution in [3.05, 3.63) is 15.2 Å². The van der Waals surface area contributed by atoms with Crippen LogP contribution in [0.5, 0.6) is 0 Å². The quantitative estimate of drug-likeness (QED) is 0.668. The summed E-state index contributed by atoms with van der Waals surface area (Å²) in [7, 11) is 1.62. The van der Waals surface area contributed by atoms with Crippen molar-refractivity contribution in [3.63, 3.8) is 0 Å². The van der Waals surface area contributed by atoms with Gasteiger partial charge in [-0.1, -0.05) is 20.8 Å².